The Labute approximate surface area is 154 Å². The topological polar surface area (TPSA) is 75.9 Å². The Morgan fingerprint density at radius 1 is 1.28 bits per heavy atom. The number of ether oxygens (including phenoxy) is 1. The molecule has 25 heavy (non-hydrogen) atoms. The van der Waals surface area contributed by atoms with Crippen LogP contribution in [0.2, 0.25) is 0 Å². The fourth-order valence-corrected chi connectivity index (χ4v) is 4.69. The standard InChI is InChI=1S/C15H24FN3O3S.C2H6/c1-22-7-4-12-13(20)19(23-16)14(21)18(12)11-8-15(9-11)5-2-10(17)3-6-15;1-2/h10-12H,2-9,17H2,1H3;1-2H3/t10?,11?,12-,15?;/m0./s1. The molecule has 1 spiro atoms. The van der Waals surface area contributed by atoms with E-state index < -0.39 is 18.0 Å². The number of halogens is 1. The summed E-state index contributed by atoms with van der Waals surface area (Å²) in [6.45, 7) is 4.37. The Balaban J connectivity index is 0.00000109. The van der Waals surface area contributed by atoms with Gasteiger partial charge >= 0.3 is 6.03 Å². The van der Waals surface area contributed by atoms with Crippen LogP contribution in [0.25, 0.3) is 0 Å². The van der Waals surface area contributed by atoms with E-state index in [2.05, 4.69) is 0 Å². The van der Waals surface area contributed by atoms with Crippen molar-refractivity contribution in [2.24, 2.45) is 11.1 Å². The van der Waals surface area contributed by atoms with Gasteiger partial charge in [0, 0.05) is 32.2 Å². The van der Waals surface area contributed by atoms with Crippen LogP contribution in [0.15, 0.2) is 0 Å². The largest absolute Gasteiger partial charge is 0.385 e. The zero-order valence-electron chi connectivity index (χ0n) is 15.4. The number of nitrogens with two attached hydrogens (primary N) is 1. The minimum atomic E-state index is -0.598. The van der Waals surface area contributed by atoms with E-state index in [4.69, 9.17) is 10.5 Å². The van der Waals surface area contributed by atoms with Crippen LogP contribution in [-0.2, 0) is 9.53 Å². The summed E-state index contributed by atoms with van der Waals surface area (Å²) < 4.78 is 18.6. The van der Waals surface area contributed by atoms with Crippen LogP contribution >= 0.6 is 12.3 Å². The maximum Gasteiger partial charge on any atom is 0.340 e. The lowest BCUT2D eigenvalue weighted by Crippen LogP contribution is -2.56. The van der Waals surface area contributed by atoms with E-state index in [-0.39, 0.29) is 23.8 Å². The van der Waals surface area contributed by atoms with Gasteiger partial charge < -0.3 is 15.4 Å². The SMILES string of the molecule is CC.COCC[C@H]1C(=O)N(SF)C(=O)N1C1CC2(CCC(N)CC2)C1. The minimum Gasteiger partial charge on any atom is -0.385 e. The molecule has 2 saturated carbocycles. The number of hydrogen-bond acceptors (Lipinski definition) is 5. The minimum absolute atomic E-state index is 0.0276. The molecule has 2 N–H and O–H groups in total. The molecule has 0 bridgehead atoms. The van der Waals surface area contributed by atoms with E-state index in [1.165, 1.54) is 0 Å². The molecule has 0 radical (unpaired) electrons. The van der Waals surface area contributed by atoms with Gasteiger partial charge in [-0.25, -0.2) is 4.79 Å². The quantitative estimate of drug-likeness (QED) is 0.590. The van der Waals surface area contributed by atoms with Crippen molar-refractivity contribution in [3.8, 4) is 0 Å². The highest BCUT2D eigenvalue weighted by atomic mass is 32.2. The maximum atomic E-state index is 13.0. The second-order valence-corrected chi connectivity index (χ2v) is 7.59. The highest BCUT2D eigenvalue weighted by molar-refractivity contribution is 7.93. The Hall–Kier alpha value is -0.860. The van der Waals surface area contributed by atoms with Crippen molar-refractivity contribution >= 4 is 24.3 Å². The van der Waals surface area contributed by atoms with Crippen molar-refractivity contribution in [3.63, 3.8) is 0 Å². The molecule has 1 heterocycles. The first-order chi connectivity index (χ1) is 12.0. The van der Waals surface area contributed by atoms with Gasteiger partial charge in [0.1, 0.15) is 6.04 Å². The number of imide groups is 1. The highest BCUT2D eigenvalue weighted by Crippen LogP contribution is 2.54. The molecule has 0 aromatic carbocycles. The van der Waals surface area contributed by atoms with Crippen LogP contribution in [0.3, 0.4) is 0 Å². The number of hydrogen-bond donors (Lipinski definition) is 1. The molecule has 0 unspecified atom stereocenters. The summed E-state index contributed by atoms with van der Waals surface area (Å²) in [6, 6.07) is -0.794. The van der Waals surface area contributed by atoms with Crippen LogP contribution in [0, 0.1) is 5.41 Å². The van der Waals surface area contributed by atoms with Crippen LogP contribution in [0.5, 0.6) is 0 Å². The second kappa shape index (κ2) is 8.68. The van der Waals surface area contributed by atoms with Gasteiger partial charge in [-0.2, -0.15) is 4.31 Å². The maximum absolute atomic E-state index is 13.0. The first-order valence-corrected chi connectivity index (χ1v) is 9.88. The van der Waals surface area contributed by atoms with Gasteiger partial charge in [0.15, 0.2) is 12.3 Å². The molecule has 1 atom stereocenters. The van der Waals surface area contributed by atoms with Gasteiger partial charge in [-0.05, 0) is 43.9 Å². The van der Waals surface area contributed by atoms with Gasteiger partial charge in [0.2, 0.25) is 0 Å². The monoisotopic (exact) mass is 375 g/mol. The first kappa shape index (κ1) is 20.5. The van der Waals surface area contributed by atoms with Crippen molar-refractivity contribution in [1.29, 1.82) is 0 Å². The fraction of sp³-hybridized carbons (Fsp3) is 0.882. The van der Waals surface area contributed by atoms with E-state index >= 15 is 0 Å². The van der Waals surface area contributed by atoms with Crippen LogP contribution in [0.4, 0.5) is 8.68 Å². The molecule has 2 aliphatic carbocycles. The lowest BCUT2D eigenvalue weighted by atomic mass is 9.57. The van der Waals surface area contributed by atoms with Gasteiger partial charge in [0.25, 0.3) is 5.91 Å². The van der Waals surface area contributed by atoms with Crippen molar-refractivity contribution in [3.05, 3.63) is 0 Å². The normalized spacial score (nSPS) is 34.8. The summed E-state index contributed by atoms with van der Waals surface area (Å²) in [5.74, 6) is -0.467. The third kappa shape index (κ3) is 3.95. The summed E-state index contributed by atoms with van der Waals surface area (Å²) in [5.41, 5.74) is 6.24. The van der Waals surface area contributed by atoms with E-state index in [1.807, 2.05) is 13.8 Å². The molecule has 0 aromatic rings. The van der Waals surface area contributed by atoms with Crippen molar-refractivity contribution in [2.75, 3.05) is 13.7 Å². The number of nitrogens with zero attached hydrogens (tertiary/aromatic N) is 2. The number of rotatable bonds is 5. The van der Waals surface area contributed by atoms with Crippen molar-refractivity contribution < 1.29 is 18.2 Å². The molecule has 0 aromatic heterocycles. The molecule has 1 saturated heterocycles. The average molecular weight is 376 g/mol. The van der Waals surface area contributed by atoms with Gasteiger partial charge in [-0.15, -0.1) is 3.89 Å². The Bertz CT molecular complexity index is 478. The van der Waals surface area contributed by atoms with Crippen LogP contribution in [0.1, 0.15) is 58.8 Å². The molecule has 3 rings (SSSR count). The Kier molecular flexibility index (Phi) is 7.10. The predicted octanol–water partition coefficient (Wildman–Crippen LogP) is 3.26. The van der Waals surface area contributed by atoms with Crippen molar-refractivity contribution in [2.45, 2.75) is 76.9 Å². The summed E-state index contributed by atoms with van der Waals surface area (Å²) in [5, 5.41) is 0. The van der Waals surface area contributed by atoms with E-state index in [1.54, 1.807) is 12.0 Å². The van der Waals surface area contributed by atoms with E-state index in [9.17, 15) is 13.5 Å². The number of carbonyl (C=O) groups is 2. The highest BCUT2D eigenvalue weighted by Gasteiger charge is 2.55. The molecule has 8 heteroatoms. The number of methoxy groups -OCH3 is 1. The third-order valence-corrected chi connectivity index (χ3v) is 6.18. The van der Waals surface area contributed by atoms with Gasteiger partial charge in [-0.1, -0.05) is 13.8 Å². The molecule has 3 amide bonds. The summed E-state index contributed by atoms with van der Waals surface area (Å²) in [6.07, 6.45) is 6.43. The van der Waals surface area contributed by atoms with Crippen LogP contribution in [-0.4, -0.2) is 53.0 Å². The zero-order valence-corrected chi connectivity index (χ0v) is 16.2. The zero-order chi connectivity index (χ0) is 18.6. The molecule has 144 valence electrons. The van der Waals surface area contributed by atoms with Gasteiger partial charge in [-0.3, -0.25) is 4.79 Å². The number of amides is 3. The summed E-state index contributed by atoms with van der Waals surface area (Å²) >= 11 is -0.296. The van der Waals surface area contributed by atoms with Gasteiger partial charge in [0.05, 0.1) is 0 Å². The van der Waals surface area contributed by atoms with Crippen molar-refractivity contribution in [1.82, 2.24) is 9.21 Å². The first-order valence-electron chi connectivity index (χ1n) is 9.21. The Morgan fingerprint density at radius 2 is 1.88 bits per heavy atom. The molecule has 3 aliphatic rings. The smallest absolute Gasteiger partial charge is 0.340 e. The Morgan fingerprint density at radius 3 is 2.40 bits per heavy atom. The average Bonchev–Trinajstić information content (AvgIpc) is 2.83. The fourth-order valence-electron chi connectivity index (χ4n) is 4.35. The second-order valence-electron chi connectivity index (χ2n) is 7.09. The molecular formula is C17H30FN3O3S. The number of carbonyl (C=O) groups excluding carboxylic acids is 2. The third-order valence-electron chi connectivity index (χ3n) is 5.70. The van der Waals surface area contributed by atoms with Crippen LogP contribution < -0.4 is 5.73 Å². The summed E-state index contributed by atoms with van der Waals surface area (Å²) in [7, 11) is 1.55. The molecule has 1 aliphatic heterocycles. The predicted molar refractivity (Wildman–Crippen MR) is 96.3 cm³/mol. The lowest BCUT2D eigenvalue weighted by Gasteiger charge is -2.54. The molecular weight excluding hydrogens is 345 g/mol. The van der Waals surface area contributed by atoms with E-state index in [0.29, 0.717) is 23.4 Å². The molecule has 6 nitrogen and oxygen atoms in total. The number of urea groups is 1. The summed E-state index contributed by atoms with van der Waals surface area (Å²) in [4.78, 5) is 26.2. The lowest BCUT2D eigenvalue weighted by molar-refractivity contribution is -0.126. The molecule has 3 fully saturated rings. The van der Waals surface area contributed by atoms with E-state index in [0.717, 1.165) is 38.5 Å².